The molecule has 1 unspecified atom stereocenters. The lowest BCUT2D eigenvalue weighted by atomic mass is 10.0. The van der Waals surface area contributed by atoms with Crippen molar-refractivity contribution in [1.82, 2.24) is 15.5 Å². The van der Waals surface area contributed by atoms with Gasteiger partial charge in [0.1, 0.15) is 5.75 Å². The van der Waals surface area contributed by atoms with E-state index in [1.165, 1.54) is 5.56 Å². The molecule has 152 valence electrons. The number of para-hydroxylation sites is 1. The summed E-state index contributed by atoms with van der Waals surface area (Å²) in [6.07, 6.45) is 2.63. The Bertz CT molecular complexity index is 609. The molecule has 0 bridgehead atoms. The SMILES string of the molecule is CCNC(=NCC(C)c1ccccc1OC)NCCCN1CCCC1=O.I. The minimum atomic E-state index is 0. The number of rotatable bonds is 9. The van der Waals surface area contributed by atoms with Gasteiger partial charge in [0.2, 0.25) is 5.91 Å². The molecule has 1 fully saturated rings. The summed E-state index contributed by atoms with van der Waals surface area (Å²) in [7, 11) is 1.70. The molecular weight excluding hydrogens is 455 g/mol. The van der Waals surface area contributed by atoms with Crippen LogP contribution in [0.4, 0.5) is 0 Å². The van der Waals surface area contributed by atoms with Crippen molar-refractivity contribution >= 4 is 35.8 Å². The number of nitrogens with zero attached hydrogens (tertiary/aromatic N) is 2. The van der Waals surface area contributed by atoms with Crippen LogP contribution in [0.3, 0.4) is 0 Å². The van der Waals surface area contributed by atoms with Crippen LogP contribution in [0.5, 0.6) is 5.75 Å². The number of likely N-dealkylation sites (tertiary alicyclic amines) is 1. The number of nitrogens with one attached hydrogen (secondary N) is 2. The first-order valence-corrected chi connectivity index (χ1v) is 9.58. The summed E-state index contributed by atoms with van der Waals surface area (Å²) < 4.78 is 5.45. The summed E-state index contributed by atoms with van der Waals surface area (Å²) in [5.74, 6) is 2.28. The zero-order chi connectivity index (χ0) is 18.8. The molecule has 27 heavy (non-hydrogen) atoms. The Morgan fingerprint density at radius 3 is 2.78 bits per heavy atom. The Morgan fingerprint density at radius 1 is 1.33 bits per heavy atom. The summed E-state index contributed by atoms with van der Waals surface area (Å²) in [4.78, 5) is 18.3. The minimum Gasteiger partial charge on any atom is -0.496 e. The van der Waals surface area contributed by atoms with Gasteiger partial charge in [-0.15, -0.1) is 24.0 Å². The van der Waals surface area contributed by atoms with Crippen LogP contribution in [0, 0.1) is 0 Å². The second-order valence-electron chi connectivity index (χ2n) is 6.63. The van der Waals surface area contributed by atoms with Crippen molar-refractivity contribution in [2.24, 2.45) is 4.99 Å². The van der Waals surface area contributed by atoms with Crippen molar-refractivity contribution < 1.29 is 9.53 Å². The molecule has 2 N–H and O–H groups in total. The van der Waals surface area contributed by atoms with Gasteiger partial charge in [-0.2, -0.15) is 0 Å². The predicted octanol–water partition coefficient (Wildman–Crippen LogP) is 2.98. The number of hydrogen-bond donors (Lipinski definition) is 2. The molecular formula is C20H33IN4O2. The number of amides is 1. The molecule has 0 spiro atoms. The molecule has 1 atom stereocenters. The molecule has 1 aromatic carbocycles. The van der Waals surface area contributed by atoms with Gasteiger partial charge in [-0.25, -0.2) is 0 Å². The van der Waals surface area contributed by atoms with Crippen LogP contribution in [0.25, 0.3) is 0 Å². The van der Waals surface area contributed by atoms with Gasteiger partial charge in [-0.1, -0.05) is 25.1 Å². The Labute approximate surface area is 180 Å². The maximum atomic E-state index is 11.6. The van der Waals surface area contributed by atoms with Crippen LogP contribution in [0.1, 0.15) is 44.6 Å². The van der Waals surface area contributed by atoms with Gasteiger partial charge >= 0.3 is 0 Å². The second kappa shape index (κ2) is 12.8. The van der Waals surface area contributed by atoms with Crippen molar-refractivity contribution in [3.63, 3.8) is 0 Å². The fourth-order valence-electron chi connectivity index (χ4n) is 3.16. The van der Waals surface area contributed by atoms with Crippen molar-refractivity contribution in [3.05, 3.63) is 29.8 Å². The first kappa shape index (κ1) is 23.5. The molecule has 1 aromatic rings. The Hall–Kier alpha value is -1.51. The summed E-state index contributed by atoms with van der Waals surface area (Å²) in [5, 5.41) is 6.65. The lowest BCUT2D eigenvalue weighted by molar-refractivity contribution is -0.127. The number of carbonyl (C=O) groups is 1. The van der Waals surface area contributed by atoms with Crippen LogP contribution in [-0.2, 0) is 4.79 Å². The van der Waals surface area contributed by atoms with Crippen molar-refractivity contribution in [1.29, 1.82) is 0 Å². The number of benzene rings is 1. The third-order valence-electron chi connectivity index (χ3n) is 4.61. The number of carbonyl (C=O) groups excluding carboxylic acids is 1. The maximum Gasteiger partial charge on any atom is 0.222 e. The molecule has 1 heterocycles. The first-order chi connectivity index (χ1) is 12.7. The number of ether oxygens (including phenoxy) is 1. The molecule has 0 radical (unpaired) electrons. The highest BCUT2D eigenvalue weighted by Crippen LogP contribution is 2.26. The lowest BCUT2D eigenvalue weighted by Gasteiger charge is -2.17. The van der Waals surface area contributed by atoms with Gasteiger partial charge in [-0.3, -0.25) is 9.79 Å². The van der Waals surface area contributed by atoms with E-state index in [9.17, 15) is 4.79 Å². The Balaban J connectivity index is 0.00000364. The van der Waals surface area contributed by atoms with E-state index in [0.717, 1.165) is 50.7 Å². The first-order valence-electron chi connectivity index (χ1n) is 9.58. The van der Waals surface area contributed by atoms with Gasteiger partial charge < -0.3 is 20.3 Å². The van der Waals surface area contributed by atoms with E-state index in [1.807, 2.05) is 23.1 Å². The van der Waals surface area contributed by atoms with Gasteiger partial charge in [0.15, 0.2) is 5.96 Å². The highest BCUT2D eigenvalue weighted by molar-refractivity contribution is 14.0. The highest BCUT2D eigenvalue weighted by atomic mass is 127. The van der Waals surface area contributed by atoms with Crippen LogP contribution < -0.4 is 15.4 Å². The second-order valence-corrected chi connectivity index (χ2v) is 6.63. The van der Waals surface area contributed by atoms with Gasteiger partial charge in [-0.05, 0) is 31.4 Å². The fourth-order valence-corrected chi connectivity index (χ4v) is 3.16. The minimum absolute atomic E-state index is 0. The molecule has 1 aliphatic rings. The van der Waals surface area contributed by atoms with Crippen LogP contribution in [-0.4, -0.2) is 56.6 Å². The van der Waals surface area contributed by atoms with E-state index in [0.29, 0.717) is 13.0 Å². The fraction of sp³-hybridized carbons (Fsp3) is 0.600. The van der Waals surface area contributed by atoms with Crippen molar-refractivity contribution in [2.75, 3.05) is 39.8 Å². The van der Waals surface area contributed by atoms with E-state index in [1.54, 1.807) is 7.11 Å². The normalized spacial score (nSPS) is 15.3. The quantitative estimate of drug-likeness (QED) is 0.243. The van der Waals surface area contributed by atoms with E-state index in [4.69, 9.17) is 9.73 Å². The number of methoxy groups -OCH3 is 1. The number of hydrogen-bond acceptors (Lipinski definition) is 3. The van der Waals surface area contributed by atoms with Gasteiger partial charge in [0.05, 0.1) is 7.11 Å². The van der Waals surface area contributed by atoms with E-state index in [2.05, 4.69) is 30.5 Å². The van der Waals surface area contributed by atoms with Crippen molar-refractivity contribution in [2.45, 2.75) is 39.0 Å². The number of guanidine groups is 1. The van der Waals surface area contributed by atoms with Crippen molar-refractivity contribution in [3.8, 4) is 5.75 Å². The molecule has 7 heteroatoms. The summed E-state index contributed by atoms with van der Waals surface area (Å²) in [5.41, 5.74) is 1.17. The zero-order valence-corrected chi connectivity index (χ0v) is 19.0. The zero-order valence-electron chi connectivity index (χ0n) is 16.7. The summed E-state index contributed by atoms with van der Waals surface area (Å²) >= 11 is 0. The number of aliphatic imine (C=N–C) groups is 1. The molecule has 1 amide bonds. The highest BCUT2D eigenvalue weighted by Gasteiger charge is 2.19. The van der Waals surface area contributed by atoms with E-state index < -0.39 is 0 Å². The van der Waals surface area contributed by atoms with E-state index >= 15 is 0 Å². The molecule has 0 aliphatic carbocycles. The van der Waals surface area contributed by atoms with Crippen LogP contribution in [0.15, 0.2) is 29.3 Å². The summed E-state index contributed by atoms with van der Waals surface area (Å²) in [6, 6.07) is 8.08. The number of halogens is 1. The molecule has 0 saturated carbocycles. The van der Waals surface area contributed by atoms with Crippen LogP contribution in [0.2, 0.25) is 0 Å². The third kappa shape index (κ3) is 7.56. The average Bonchev–Trinajstić information content (AvgIpc) is 3.07. The smallest absolute Gasteiger partial charge is 0.222 e. The lowest BCUT2D eigenvalue weighted by Crippen LogP contribution is -2.39. The molecule has 1 saturated heterocycles. The maximum absolute atomic E-state index is 11.6. The van der Waals surface area contributed by atoms with Gasteiger partial charge in [0, 0.05) is 45.1 Å². The van der Waals surface area contributed by atoms with E-state index in [-0.39, 0.29) is 35.8 Å². The molecule has 6 nitrogen and oxygen atoms in total. The summed E-state index contributed by atoms with van der Waals surface area (Å²) in [6.45, 7) is 8.25. The average molecular weight is 488 g/mol. The predicted molar refractivity (Wildman–Crippen MR) is 121 cm³/mol. The Kier molecular flexibility index (Phi) is 11.2. The molecule has 1 aliphatic heterocycles. The van der Waals surface area contributed by atoms with Gasteiger partial charge in [0.25, 0.3) is 0 Å². The van der Waals surface area contributed by atoms with Crippen LogP contribution >= 0.6 is 24.0 Å². The topological polar surface area (TPSA) is 66.0 Å². The molecule has 2 rings (SSSR count). The standard InChI is InChI=1S/C20H32N4O2.HI/c1-4-21-20(22-12-8-14-24-13-7-11-19(24)25)23-15-16(2)17-9-5-6-10-18(17)26-3;/h5-6,9-10,16H,4,7-8,11-15H2,1-3H3,(H2,21,22,23);1H. The monoisotopic (exact) mass is 488 g/mol. The third-order valence-corrected chi connectivity index (χ3v) is 4.61. The molecule has 0 aromatic heterocycles. The largest absolute Gasteiger partial charge is 0.496 e. The Morgan fingerprint density at radius 2 is 2.11 bits per heavy atom.